The molecular formula is C18H19ClO3. The second kappa shape index (κ2) is 7.87. The summed E-state index contributed by atoms with van der Waals surface area (Å²) in [4.78, 5) is 0. The molecule has 0 aromatic heterocycles. The normalized spacial score (nSPS) is 10.3. The molecule has 2 aromatic rings. The smallest absolute Gasteiger partial charge is 0.165 e. The molecule has 0 fully saturated rings. The van der Waals surface area contributed by atoms with E-state index in [0.717, 1.165) is 16.7 Å². The highest BCUT2D eigenvalue weighted by Crippen LogP contribution is 2.34. The number of aliphatic hydroxyl groups is 1. The summed E-state index contributed by atoms with van der Waals surface area (Å²) in [6.07, 6.45) is 2.43. The first kappa shape index (κ1) is 16.4. The molecule has 1 N–H and O–H groups in total. The van der Waals surface area contributed by atoms with Gasteiger partial charge in [0.2, 0.25) is 0 Å². The van der Waals surface area contributed by atoms with Crippen LogP contribution in [0.3, 0.4) is 0 Å². The molecule has 0 bridgehead atoms. The first-order chi connectivity index (χ1) is 10.7. The second-order valence-electron chi connectivity index (χ2n) is 4.86. The highest BCUT2D eigenvalue weighted by molar-refractivity contribution is 6.30. The number of rotatable bonds is 7. The summed E-state index contributed by atoms with van der Waals surface area (Å²) >= 11 is 5.98. The average Bonchev–Trinajstić information content (AvgIpc) is 2.53. The summed E-state index contributed by atoms with van der Waals surface area (Å²) in [5, 5.41) is 10.0. The fourth-order valence-corrected chi connectivity index (χ4v) is 2.43. The number of hydrogen-bond acceptors (Lipinski definition) is 3. The predicted octanol–water partition coefficient (Wildman–Crippen LogP) is 4.15. The van der Waals surface area contributed by atoms with Gasteiger partial charge >= 0.3 is 0 Å². The minimum Gasteiger partial charge on any atom is -0.493 e. The highest BCUT2D eigenvalue weighted by atomic mass is 35.5. The van der Waals surface area contributed by atoms with Crippen molar-refractivity contribution < 1.29 is 14.6 Å². The summed E-state index contributed by atoms with van der Waals surface area (Å²) in [6.45, 7) is 4.10. The minimum absolute atomic E-state index is 0.0466. The van der Waals surface area contributed by atoms with E-state index in [-0.39, 0.29) is 6.61 Å². The number of allylic oxidation sites excluding steroid dienone is 1. The van der Waals surface area contributed by atoms with Crippen LogP contribution in [0.2, 0.25) is 5.02 Å². The van der Waals surface area contributed by atoms with Crippen LogP contribution in [0.4, 0.5) is 0 Å². The van der Waals surface area contributed by atoms with Gasteiger partial charge in [-0.25, -0.2) is 0 Å². The van der Waals surface area contributed by atoms with Crippen molar-refractivity contribution in [2.45, 2.75) is 19.6 Å². The molecule has 0 atom stereocenters. The van der Waals surface area contributed by atoms with Crippen molar-refractivity contribution in [2.75, 3.05) is 7.11 Å². The van der Waals surface area contributed by atoms with Gasteiger partial charge < -0.3 is 14.6 Å². The van der Waals surface area contributed by atoms with Crippen molar-refractivity contribution in [3.05, 3.63) is 70.8 Å². The molecule has 3 nitrogen and oxygen atoms in total. The van der Waals surface area contributed by atoms with Crippen LogP contribution in [-0.2, 0) is 19.6 Å². The molecule has 0 aliphatic rings. The Morgan fingerprint density at radius 3 is 2.68 bits per heavy atom. The first-order valence-corrected chi connectivity index (χ1v) is 7.34. The molecule has 0 amide bonds. The number of benzene rings is 2. The lowest BCUT2D eigenvalue weighted by Gasteiger charge is -2.16. The van der Waals surface area contributed by atoms with E-state index in [1.807, 2.05) is 30.3 Å². The van der Waals surface area contributed by atoms with E-state index < -0.39 is 0 Å². The van der Waals surface area contributed by atoms with Crippen LogP contribution in [0.25, 0.3) is 0 Å². The van der Waals surface area contributed by atoms with E-state index in [9.17, 15) is 5.11 Å². The zero-order valence-electron chi connectivity index (χ0n) is 12.5. The third-order valence-corrected chi connectivity index (χ3v) is 3.47. The van der Waals surface area contributed by atoms with E-state index in [4.69, 9.17) is 21.1 Å². The Balaban J connectivity index is 2.29. The van der Waals surface area contributed by atoms with Crippen molar-refractivity contribution in [1.29, 1.82) is 0 Å². The molecule has 2 aromatic carbocycles. The van der Waals surface area contributed by atoms with Gasteiger partial charge in [-0.2, -0.15) is 0 Å². The molecule has 22 heavy (non-hydrogen) atoms. The first-order valence-electron chi connectivity index (χ1n) is 6.96. The van der Waals surface area contributed by atoms with Crippen molar-refractivity contribution in [2.24, 2.45) is 0 Å². The standard InChI is InChI=1S/C18H19ClO3/c1-3-5-15-8-14(11-20)10-17(21-2)18(15)22-12-13-6-4-7-16(19)9-13/h3-4,6-10,20H,1,5,11-12H2,2H3. The number of ether oxygens (including phenoxy) is 2. The van der Waals surface area contributed by atoms with Gasteiger partial charge in [-0.05, 0) is 41.8 Å². The number of hydrogen-bond donors (Lipinski definition) is 1. The van der Waals surface area contributed by atoms with Gasteiger partial charge in [0.1, 0.15) is 6.61 Å². The Kier molecular flexibility index (Phi) is 5.87. The minimum atomic E-state index is -0.0466. The predicted molar refractivity (Wildman–Crippen MR) is 88.6 cm³/mol. The summed E-state index contributed by atoms with van der Waals surface area (Å²) in [6, 6.07) is 11.2. The fourth-order valence-electron chi connectivity index (χ4n) is 2.22. The maximum Gasteiger partial charge on any atom is 0.165 e. The molecule has 0 heterocycles. The summed E-state index contributed by atoms with van der Waals surface area (Å²) in [5.74, 6) is 1.27. The third kappa shape index (κ3) is 4.03. The van der Waals surface area contributed by atoms with E-state index in [0.29, 0.717) is 29.5 Å². The maximum atomic E-state index is 9.34. The summed E-state index contributed by atoms with van der Waals surface area (Å²) < 4.78 is 11.3. The van der Waals surface area contributed by atoms with Crippen molar-refractivity contribution >= 4 is 11.6 Å². The quantitative estimate of drug-likeness (QED) is 0.779. The third-order valence-electron chi connectivity index (χ3n) is 3.23. The zero-order chi connectivity index (χ0) is 15.9. The molecule has 4 heteroatoms. The Morgan fingerprint density at radius 1 is 1.23 bits per heavy atom. The van der Waals surface area contributed by atoms with E-state index in [2.05, 4.69) is 6.58 Å². The van der Waals surface area contributed by atoms with Crippen LogP contribution in [0.15, 0.2) is 49.1 Å². The van der Waals surface area contributed by atoms with Crippen molar-refractivity contribution in [1.82, 2.24) is 0 Å². The largest absolute Gasteiger partial charge is 0.493 e. The molecule has 0 saturated carbocycles. The SMILES string of the molecule is C=CCc1cc(CO)cc(OC)c1OCc1cccc(Cl)c1. The van der Waals surface area contributed by atoms with Crippen molar-refractivity contribution in [3.8, 4) is 11.5 Å². The fraction of sp³-hybridized carbons (Fsp3) is 0.222. The van der Waals surface area contributed by atoms with Gasteiger partial charge in [0.15, 0.2) is 11.5 Å². The van der Waals surface area contributed by atoms with Crippen LogP contribution >= 0.6 is 11.6 Å². The van der Waals surface area contributed by atoms with Crippen molar-refractivity contribution in [3.63, 3.8) is 0 Å². The zero-order valence-corrected chi connectivity index (χ0v) is 13.3. The van der Waals surface area contributed by atoms with Crippen LogP contribution in [0.1, 0.15) is 16.7 Å². The topological polar surface area (TPSA) is 38.7 Å². The Morgan fingerprint density at radius 2 is 2.05 bits per heavy atom. The molecule has 0 spiro atoms. The Bertz CT molecular complexity index is 653. The number of aliphatic hydroxyl groups excluding tert-OH is 1. The second-order valence-corrected chi connectivity index (χ2v) is 5.29. The molecule has 0 radical (unpaired) electrons. The maximum absolute atomic E-state index is 9.34. The van der Waals surface area contributed by atoms with Gasteiger partial charge in [0, 0.05) is 10.6 Å². The van der Waals surface area contributed by atoms with E-state index in [1.54, 1.807) is 19.3 Å². The Labute approximate surface area is 135 Å². The van der Waals surface area contributed by atoms with E-state index >= 15 is 0 Å². The van der Waals surface area contributed by atoms with Gasteiger partial charge in [-0.15, -0.1) is 6.58 Å². The monoisotopic (exact) mass is 318 g/mol. The van der Waals surface area contributed by atoms with Gasteiger partial charge in [-0.1, -0.05) is 29.8 Å². The van der Waals surface area contributed by atoms with Crippen LogP contribution < -0.4 is 9.47 Å². The number of halogens is 1. The average molecular weight is 319 g/mol. The van der Waals surface area contributed by atoms with Gasteiger partial charge in [0.25, 0.3) is 0 Å². The highest BCUT2D eigenvalue weighted by Gasteiger charge is 2.13. The molecule has 2 rings (SSSR count). The summed E-state index contributed by atoms with van der Waals surface area (Å²) in [5.41, 5.74) is 2.69. The molecule has 0 aliphatic carbocycles. The van der Waals surface area contributed by atoms with Gasteiger partial charge in [0.05, 0.1) is 13.7 Å². The van der Waals surface area contributed by atoms with Crippen LogP contribution in [0, 0.1) is 0 Å². The molecule has 116 valence electrons. The Hall–Kier alpha value is -1.97. The lowest BCUT2D eigenvalue weighted by molar-refractivity contribution is 0.272. The molecule has 0 unspecified atom stereocenters. The molecule has 0 saturated heterocycles. The van der Waals surface area contributed by atoms with Crippen LogP contribution in [0.5, 0.6) is 11.5 Å². The summed E-state index contributed by atoms with van der Waals surface area (Å²) in [7, 11) is 1.58. The molecular weight excluding hydrogens is 300 g/mol. The van der Waals surface area contributed by atoms with Crippen LogP contribution in [-0.4, -0.2) is 12.2 Å². The van der Waals surface area contributed by atoms with Gasteiger partial charge in [-0.3, -0.25) is 0 Å². The lowest BCUT2D eigenvalue weighted by atomic mass is 10.1. The van der Waals surface area contributed by atoms with E-state index in [1.165, 1.54) is 0 Å². The molecule has 0 aliphatic heterocycles. The number of methoxy groups -OCH3 is 1. The lowest BCUT2D eigenvalue weighted by Crippen LogP contribution is -2.02.